The zero-order valence-electron chi connectivity index (χ0n) is 12.5. The first-order valence-corrected chi connectivity index (χ1v) is 9.81. The molecule has 0 spiro atoms. The number of rotatable bonds is 4. The van der Waals surface area contributed by atoms with Gasteiger partial charge in [0.05, 0.1) is 12.2 Å². The van der Waals surface area contributed by atoms with Crippen molar-refractivity contribution in [3.8, 4) is 0 Å². The number of carbonyl (C=O) groups excluding carboxylic acids is 1. The van der Waals surface area contributed by atoms with Crippen molar-refractivity contribution in [2.75, 3.05) is 25.9 Å². The van der Waals surface area contributed by atoms with Crippen LogP contribution in [-0.4, -0.2) is 57.2 Å². The third-order valence-electron chi connectivity index (χ3n) is 5.08. The molecule has 7 heteroatoms. The van der Waals surface area contributed by atoms with Gasteiger partial charge in [0.25, 0.3) is 0 Å². The monoisotopic (exact) mass is 315 g/mol. The van der Waals surface area contributed by atoms with Gasteiger partial charge in [0.2, 0.25) is 15.9 Å². The Hall–Kier alpha value is -0.660. The zero-order chi connectivity index (χ0) is 15.0. The number of hydrogen-bond donors (Lipinski definition) is 2. The van der Waals surface area contributed by atoms with Crippen molar-refractivity contribution in [2.45, 2.75) is 44.2 Å². The van der Waals surface area contributed by atoms with Gasteiger partial charge in [-0.3, -0.25) is 4.79 Å². The highest BCUT2D eigenvalue weighted by Crippen LogP contribution is 2.35. The fourth-order valence-electron chi connectivity index (χ4n) is 4.03. The lowest BCUT2D eigenvalue weighted by Crippen LogP contribution is -2.47. The lowest BCUT2D eigenvalue weighted by molar-refractivity contribution is -0.138. The topological polar surface area (TPSA) is 78.5 Å². The summed E-state index contributed by atoms with van der Waals surface area (Å²) in [5, 5.41) is 3.51. The van der Waals surface area contributed by atoms with Crippen molar-refractivity contribution in [2.24, 2.45) is 11.8 Å². The van der Waals surface area contributed by atoms with E-state index >= 15 is 0 Å². The van der Waals surface area contributed by atoms with Crippen molar-refractivity contribution in [1.29, 1.82) is 0 Å². The van der Waals surface area contributed by atoms with Gasteiger partial charge in [-0.2, -0.15) is 0 Å². The van der Waals surface area contributed by atoms with Crippen molar-refractivity contribution in [3.05, 3.63) is 0 Å². The number of amides is 1. The minimum absolute atomic E-state index is 0.144. The van der Waals surface area contributed by atoms with E-state index in [-0.39, 0.29) is 17.7 Å². The van der Waals surface area contributed by atoms with Crippen LogP contribution in [0.4, 0.5) is 0 Å². The van der Waals surface area contributed by atoms with Gasteiger partial charge >= 0.3 is 0 Å². The predicted octanol–water partition coefficient (Wildman–Crippen LogP) is -0.0853. The SMILES string of the molecule is CS(=O)(=O)NCC1CCCN(C(=O)C2CC3CCC2N3)C1. The van der Waals surface area contributed by atoms with E-state index in [2.05, 4.69) is 10.0 Å². The Morgan fingerprint density at radius 1 is 1.33 bits per heavy atom. The Labute approximate surface area is 126 Å². The summed E-state index contributed by atoms with van der Waals surface area (Å²) < 4.78 is 24.9. The van der Waals surface area contributed by atoms with Gasteiger partial charge in [-0.05, 0) is 38.0 Å². The molecule has 0 saturated carbocycles. The summed E-state index contributed by atoms with van der Waals surface area (Å²) in [5.41, 5.74) is 0. The maximum Gasteiger partial charge on any atom is 0.227 e. The third kappa shape index (κ3) is 3.57. The number of nitrogens with one attached hydrogen (secondary N) is 2. The largest absolute Gasteiger partial charge is 0.342 e. The van der Waals surface area contributed by atoms with Crippen LogP contribution in [0.15, 0.2) is 0 Å². The standard InChI is InChI=1S/C14H25N3O3S/c1-21(19,20)15-8-10-3-2-6-17(9-10)14(18)12-7-11-4-5-13(12)16-11/h10-13,15-16H,2-9H2,1H3. The second kappa shape index (κ2) is 5.85. The summed E-state index contributed by atoms with van der Waals surface area (Å²) in [6.07, 6.45) is 6.44. The maximum absolute atomic E-state index is 12.7. The third-order valence-corrected chi connectivity index (χ3v) is 5.77. The summed E-state index contributed by atoms with van der Waals surface area (Å²) in [4.78, 5) is 14.6. The second-order valence-corrected chi connectivity index (χ2v) is 8.64. The molecule has 3 aliphatic heterocycles. The van der Waals surface area contributed by atoms with Crippen molar-refractivity contribution >= 4 is 15.9 Å². The minimum atomic E-state index is -3.15. The van der Waals surface area contributed by atoms with E-state index in [9.17, 15) is 13.2 Å². The summed E-state index contributed by atoms with van der Waals surface area (Å²) in [6, 6.07) is 0.911. The maximum atomic E-state index is 12.7. The number of piperidine rings is 1. The van der Waals surface area contributed by atoms with Crippen molar-refractivity contribution in [1.82, 2.24) is 14.9 Å². The van der Waals surface area contributed by atoms with Gasteiger partial charge in [0.15, 0.2) is 0 Å². The van der Waals surface area contributed by atoms with Crippen LogP contribution in [-0.2, 0) is 14.8 Å². The average Bonchev–Trinajstić information content (AvgIpc) is 3.06. The highest BCUT2D eigenvalue weighted by Gasteiger charge is 2.44. The molecule has 4 atom stereocenters. The smallest absolute Gasteiger partial charge is 0.227 e. The average molecular weight is 315 g/mol. The van der Waals surface area contributed by atoms with E-state index in [0.717, 1.165) is 32.2 Å². The predicted molar refractivity (Wildman–Crippen MR) is 80.2 cm³/mol. The van der Waals surface area contributed by atoms with Gasteiger partial charge in [-0.15, -0.1) is 0 Å². The van der Waals surface area contributed by atoms with Gasteiger partial charge in [-0.1, -0.05) is 0 Å². The molecule has 1 amide bonds. The first-order chi connectivity index (χ1) is 9.92. The second-order valence-electron chi connectivity index (χ2n) is 6.80. The van der Waals surface area contributed by atoms with E-state index in [4.69, 9.17) is 0 Å². The number of likely N-dealkylation sites (tertiary alicyclic amines) is 1. The van der Waals surface area contributed by atoms with E-state index in [0.29, 0.717) is 25.2 Å². The molecule has 3 heterocycles. The van der Waals surface area contributed by atoms with Crippen LogP contribution in [0, 0.1) is 11.8 Å². The normalized spacial score (nSPS) is 36.1. The molecule has 0 aromatic rings. The Bertz CT molecular complexity index is 508. The molecule has 0 aromatic carbocycles. The lowest BCUT2D eigenvalue weighted by Gasteiger charge is -2.35. The molecule has 4 unspecified atom stereocenters. The Balaban J connectivity index is 1.54. The number of carbonyl (C=O) groups is 1. The first kappa shape index (κ1) is 15.2. The van der Waals surface area contributed by atoms with Gasteiger partial charge in [0, 0.05) is 31.7 Å². The van der Waals surface area contributed by atoms with Crippen LogP contribution >= 0.6 is 0 Å². The molecular formula is C14H25N3O3S. The molecule has 0 aliphatic carbocycles. The number of hydrogen-bond acceptors (Lipinski definition) is 4. The van der Waals surface area contributed by atoms with Crippen LogP contribution in [0.2, 0.25) is 0 Å². The fraction of sp³-hybridized carbons (Fsp3) is 0.929. The van der Waals surface area contributed by atoms with Crippen LogP contribution in [0.25, 0.3) is 0 Å². The molecule has 2 N–H and O–H groups in total. The molecule has 3 rings (SSSR count). The van der Waals surface area contributed by atoms with Gasteiger partial charge in [-0.25, -0.2) is 13.1 Å². The number of sulfonamides is 1. The zero-order valence-corrected chi connectivity index (χ0v) is 13.4. The number of fused-ring (bicyclic) bond motifs is 2. The molecule has 21 heavy (non-hydrogen) atoms. The van der Waals surface area contributed by atoms with Gasteiger partial charge < -0.3 is 10.2 Å². The van der Waals surface area contributed by atoms with Crippen molar-refractivity contribution < 1.29 is 13.2 Å². The van der Waals surface area contributed by atoms with Crippen LogP contribution in [0.5, 0.6) is 0 Å². The molecule has 0 radical (unpaired) electrons. The molecular weight excluding hydrogens is 290 g/mol. The highest BCUT2D eigenvalue weighted by molar-refractivity contribution is 7.88. The summed E-state index contributed by atoms with van der Waals surface area (Å²) >= 11 is 0. The fourth-order valence-corrected chi connectivity index (χ4v) is 4.57. The molecule has 0 aromatic heterocycles. The quantitative estimate of drug-likeness (QED) is 0.760. The first-order valence-electron chi connectivity index (χ1n) is 7.92. The molecule has 6 nitrogen and oxygen atoms in total. The van der Waals surface area contributed by atoms with Crippen LogP contribution in [0.3, 0.4) is 0 Å². The Morgan fingerprint density at radius 2 is 2.14 bits per heavy atom. The summed E-state index contributed by atoms with van der Waals surface area (Å²) in [5.74, 6) is 0.660. The summed E-state index contributed by atoms with van der Waals surface area (Å²) in [7, 11) is -3.15. The van der Waals surface area contributed by atoms with E-state index in [1.807, 2.05) is 4.90 Å². The van der Waals surface area contributed by atoms with E-state index < -0.39 is 10.0 Å². The Morgan fingerprint density at radius 3 is 2.76 bits per heavy atom. The highest BCUT2D eigenvalue weighted by atomic mass is 32.2. The van der Waals surface area contributed by atoms with E-state index in [1.54, 1.807) is 0 Å². The summed E-state index contributed by atoms with van der Waals surface area (Å²) in [6.45, 7) is 1.95. The molecule has 3 saturated heterocycles. The minimum Gasteiger partial charge on any atom is -0.342 e. The lowest BCUT2D eigenvalue weighted by atomic mass is 9.87. The van der Waals surface area contributed by atoms with E-state index in [1.165, 1.54) is 12.7 Å². The number of nitrogens with zero attached hydrogens (tertiary/aromatic N) is 1. The van der Waals surface area contributed by atoms with Crippen molar-refractivity contribution in [3.63, 3.8) is 0 Å². The molecule has 2 bridgehead atoms. The Kier molecular flexibility index (Phi) is 4.25. The molecule has 120 valence electrons. The molecule has 3 aliphatic rings. The van der Waals surface area contributed by atoms with Crippen LogP contribution < -0.4 is 10.0 Å². The van der Waals surface area contributed by atoms with Crippen LogP contribution in [0.1, 0.15) is 32.1 Å². The molecule has 3 fully saturated rings. The van der Waals surface area contributed by atoms with Gasteiger partial charge in [0.1, 0.15) is 0 Å².